The van der Waals surface area contributed by atoms with Crippen LogP contribution >= 0.6 is 0 Å². The normalized spacial score (nSPS) is 28.0. The number of hydrogen-bond acceptors (Lipinski definition) is 1. The maximum atomic E-state index is 12.3. The number of amides is 1. The van der Waals surface area contributed by atoms with E-state index in [9.17, 15) is 4.79 Å². The van der Waals surface area contributed by atoms with Crippen LogP contribution in [0.1, 0.15) is 44.6 Å². The zero-order valence-electron chi connectivity index (χ0n) is 14.2. The molecule has 0 aromatic heterocycles. The van der Waals surface area contributed by atoms with Crippen LogP contribution in [-0.4, -0.2) is 31.6 Å². The molecule has 1 fully saturated rings. The van der Waals surface area contributed by atoms with Crippen LogP contribution in [0.15, 0.2) is 36.4 Å². The van der Waals surface area contributed by atoms with E-state index in [0.29, 0.717) is 18.5 Å². The summed E-state index contributed by atoms with van der Waals surface area (Å²) < 4.78 is 0. The molecule has 0 bridgehead atoms. The molecular weight excluding hydrogens is 284 g/mol. The van der Waals surface area contributed by atoms with E-state index in [1.807, 2.05) is 0 Å². The van der Waals surface area contributed by atoms with Crippen molar-refractivity contribution in [2.45, 2.75) is 45.1 Å². The predicted molar refractivity (Wildman–Crippen MR) is 94.2 cm³/mol. The van der Waals surface area contributed by atoms with Gasteiger partial charge in [-0.1, -0.05) is 50.1 Å². The molecule has 1 amide bonds. The Hall–Kier alpha value is -1.61. The van der Waals surface area contributed by atoms with Crippen molar-refractivity contribution in [1.82, 2.24) is 5.32 Å². The highest BCUT2D eigenvalue weighted by Gasteiger charge is 2.25. The summed E-state index contributed by atoms with van der Waals surface area (Å²) in [6.45, 7) is 4.89. The first-order chi connectivity index (χ1) is 11.2. The summed E-state index contributed by atoms with van der Waals surface area (Å²) in [5.41, 5.74) is 2.75. The molecule has 3 nitrogen and oxygen atoms in total. The molecule has 2 aliphatic rings. The smallest absolute Gasteiger partial charge is 0.275 e. The highest BCUT2D eigenvalue weighted by molar-refractivity contribution is 5.77. The lowest BCUT2D eigenvalue weighted by atomic mass is 9.86. The lowest BCUT2D eigenvalue weighted by Gasteiger charge is -2.30. The molecule has 1 aliphatic carbocycles. The molecule has 0 spiro atoms. The van der Waals surface area contributed by atoms with Crippen LogP contribution in [0.2, 0.25) is 0 Å². The maximum absolute atomic E-state index is 12.3. The van der Waals surface area contributed by atoms with E-state index in [2.05, 4.69) is 48.6 Å². The number of carbonyl (C=O) groups is 1. The summed E-state index contributed by atoms with van der Waals surface area (Å²) in [5, 5.41) is 3.28. The van der Waals surface area contributed by atoms with E-state index in [1.165, 1.54) is 35.3 Å². The second kappa shape index (κ2) is 7.78. The Morgan fingerprint density at radius 3 is 2.70 bits per heavy atom. The summed E-state index contributed by atoms with van der Waals surface area (Å²) in [6, 6.07) is 11.0. The number of benzene rings is 1. The minimum atomic E-state index is 0.232. The topological polar surface area (TPSA) is 33.5 Å². The minimum Gasteiger partial charge on any atom is -0.348 e. The van der Waals surface area contributed by atoms with Crippen molar-refractivity contribution in [2.75, 3.05) is 19.6 Å². The lowest BCUT2D eigenvalue weighted by molar-refractivity contribution is -0.886. The molecule has 0 saturated heterocycles. The third-order valence-electron chi connectivity index (χ3n) is 5.40. The van der Waals surface area contributed by atoms with Gasteiger partial charge >= 0.3 is 0 Å². The van der Waals surface area contributed by atoms with Gasteiger partial charge in [0.05, 0.1) is 13.1 Å². The molecule has 1 aromatic rings. The highest BCUT2D eigenvalue weighted by atomic mass is 16.2. The van der Waals surface area contributed by atoms with E-state index in [-0.39, 0.29) is 5.91 Å². The van der Waals surface area contributed by atoms with Crippen LogP contribution in [-0.2, 0) is 4.79 Å². The van der Waals surface area contributed by atoms with Gasteiger partial charge in [0, 0.05) is 12.5 Å². The van der Waals surface area contributed by atoms with Gasteiger partial charge in [-0.15, -0.1) is 0 Å². The number of hydrogen-bond donors (Lipinski definition) is 2. The van der Waals surface area contributed by atoms with Crippen LogP contribution in [0.4, 0.5) is 0 Å². The Bertz CT molecular complexity index is 552. The van der Waals surface area contributed by atoms with Gasteiger partial charge in [0.25, 0.3) is 5.91 Å². The Morgan fingerprint density at radius 2 is 2.00 bits per heavy atom. The second-order valence-corrected chi connectivity index (χ2v) is 7.16. The van der Waals surface area contributed by atoms with Crippen LogP contribution < -0.4 is 10.2 Å². The van der Waals surface area contributed by atoms with Crippen LogP contribution in [0.5, 0.6) is 0 Å². The summed E-state index contributed by atoms with van der Waals surface area (Å²) in [4.78, 5) is 13.7. The quantitative estimate of drug-likeness (QED) is 0.876. The number of nitrogens with one attached hydrogen (secondary N) is 2. The van der Waals surface area contributed by atoms with Gasteiger partial charge in [0.2, 0.25) is 0 Å². The first-order valence-electron chi connectivity index (χ1n) is 9.10. The Morgan fingerprint density at radius 1 is 1.22 bits per heavy atom. The molecule has 1 heterocycles. The molecule has 3 heteroatoms. The fraction of sp³-hybridized carbons (Fsp3) is 0.550. The van der Waals surface area contributed by atoms with E-state index in [1.54, 1.807) is 0 Å². The van der Waals surface area contributed by atoms with Gasteiger partial charge in [-0.25, -0.2) is 0 Å². The number of quaternary nitrogens is 1. The van der Waals surface area contributed by atoms with Crippen LogP contribution in [0.25, 0.3) is 5.57 Å². The van der Waals surface area contributed by atoms with Gasteiger partial charge in [0.1, 0.15) is 0 Å². The fourth-order valence-corrected chi connectivity index (χ4v) is 3.87. The molecule has 2 N–H and O–H groups in total. The third-order valence-corrected chi connectivity index (χ3v) is 5.40. The van der Waals surface area contributed by atoms with Crippen molar-refractivity contribution in [3.8, 4) is 0 Å². The van der Waals surface area contributed by atoms with Gasteiger partial charge < -0.3 is 10.2 Å². The van der Waals surface area contributed by atoms with E-state index >= 15 is 0 Å². The molecular formula is C20H29N2O+. The SMILES string of the molecule is C[C@H]1CCCC[C@H]1NC(=O)C[NH+]1CC=C(c2ccccc2)CC1. The van der Waals surface area contributed by atoms with Gasteiger partial charge in [0.15, 0.2) is 6.54 Å². The highest BCUT2D eigenvalue weighted by Crippen LogP contribution is 2.23. The summed E-state index contributed by atoms with van der Waals surface area (Å²) >= 11 is 0. The minimum absolute atomic E-state index is 0.232. The number of carbonyl (C=O) groups excluding carboxylic acids is 1. The molecule has 3 atom stereocenters. The standard InChI is InChI=1S/C20H28N2O/c1-16-7-5-6-10-19(16)21-20(23)15-22-13-11-18(12-14-22)17-8-3-2-4-9-17/h2-4,8-9,11,16,19H,5-7,10,12-15H2,1H3,(H,21,23)/p+1/t16-,19+/m0/s1. The van der Waals surface area contributed by atoms with Crippen molar-refractivity contribution >= 4 is 11.5 Å². The average molecular weight is 313 g/mol. The molecule has 0 radical (unpaired) electrons. The van der Waals surface area contributed by atoms with Gasteiger partial charge in [-0.05, 0) is 36.0 Å². The zero-order valence-corrected chi connectivity index (χ0v) is 14.2. The van der Waals surface area contributed by atoms with Crippen molar-refractivity contribution < 1.29 is 9.69 Å². The number of rotatable bonds is 4. The van der Waals surface area contributed by atoms with Gasteiger partial charge in [-0.2, -0.15) is 0 Å². The summed E-state index contributed by atoms with van der Waals surface area (Å²) in [5.74, 6) is 0.865. The van der Waals surface area contributed by atoms with Crippen molar-refractivity contribution in [3.63, 3.8) is 0 Å². The van der Waals surface area contributed by atoms with Gasteiger partial charge in [-0.3, -0.25) is 4.79 Å². The molecule has 1 saturated carbocycles. The Balaban J connectivity index is 1.48. The largest absolute Gasteiger partial charge is 0.348 e. The van der Waals surface area contributed by atoms with E-state index in [0.717, 1.165) is 25.9 Å². The average Bonchev–Trinajstić information content (AvgIpc) is 2.58. The summed E-state index contributed by atoms with van der Waals surface area (Å²) in [7, 11) is 0. The van der Waals surface area contributed by atoms with E-state index < -0.39 is 0 Å². The van der Waals surface area contributed by atoms with Crippen LogP contribution in [0.3, 0.4) is 0 Å². The molecule has 124 valence electrons. The molecule has 23 heavy (non-hydrogen) atoms. The first kappa shape index (κ1) is 16.3. The van der Waals surface area contributed by atoms with Crippen molar-refractivity contribution in [3.05, 3.63) is 42.0 Å². The van der Waals surface area contributed by atoms with Crippen LogP contribution in [0, 0.1) is 5.92 Å². The maximum Gasteiger partial charge on any atom is 0.275 e. The monoisotopic (exact) mass is 313 g/mol. The second-order valence-electron chi connectivity index (χ2n) is 7.16. The summed E-state index contributed by atoms with van der Waals surface area (Å²) in [6.07, 6.45) is 8.36. The Kier molecular flexibility index (Phi) is 5.50. The third kappa shape index (κ3) is 4.44. The fourth-order valence-electron chi connectivity index (χ4n) is 3.87. The lowest BCUT2D eigenvalue weighted by Crippen LogP contribution is -3.13. The molecule has 1 aliphatic heterocycles. The first-order valence-corrected chi connectivity index (χ1v) is 9.10. The Labute approximate surface area is 139 Å². The van der Waals surface area contributed by atoms with Crippen molar-refractivity contribution in [2.24, 2.45) is 5.92 Å². The van der Waals surface area contributed by atoms with Crippen molar-refractivity contribution in [1.29, 1.82) is 0 Å². The molecule has 1 aromatic carbocycles. The molecule has 1 unspecified atom stereocenters. The van der Waals surface area contributed by atoms with E-state index in [4.69, 9.17) is 0 Å². The predicted octanol–water partition coefficient (Wildman–Crippen LogP) is 2.05. The zero-order chi connectivity index (χ0) is 16.1. The molecule has 3 rings (SSSR count).